The average molecular weight is 343 g/mol. The number of carbonyl (C=O) groups is 1. The number of nitro benzene ring substituents is 1. The van der Waals surface area contributed by atoms with Gasteiger partial charge in [0.25, 0.3) is 5.69 Å². The zero-order valence-corrected chi connectivity index (χ0v) is 14.8. The minimum Gasteiger partial charge on any atom is -0.366 e. The first-order valence-corrected chi connectivity index (χ1v) is 8.74. The second-order valence-corrected chi connectivity index (χ2v) is 6.43. The molecule has 0 radical (unpaired) electrons. The molecule has 0 aromatic heterocycles. The van der Waals surface area contributed by atoms with E-state index in [1.165, 1.54) is 6.07 Å². The van der Waals surface area contributed by atoms with Crippen molar-refractivity contribution in [1.29, 1.82) is 0 Å². The van der Waals surface area contributed by atoms with Gasteiger partial charge >= 0.3 is 0 Å². The molecule has 1 aliphatic rings. The van der Waals surface area contributed by atoms with Crippen molar-refractivity contribution < 1.29 is 9.72 Å². The van der Waals surface area contributed by atoms with Crippen molar-refractivity contribution in [3.63, 3.8) is 0 Å². The monoisotopic (exact) mass is 343 g/mol. The van der Waals surface area contributed by atoms with Crippen molar-refractivity contribution in [3.05, 3.63) is 34.4 Å². The normalized spacial score (nSPS) is 15.5. The number of para-hydroxylation sites is 2. The zero-order valence-electron chi connectivity index (χ0n) is 14.8. The lowest BCUT2D eigenvalue weighted by Crippen LogP contribution is -2.50. The number of amides is 1. The van der Waals surface area contributed by atoms with Crippen LogP contribution >= 0.6 is 0 Å². The fraction of sp³-hybridized carbons (Fsp3) is 0.526. The number of anilines is 1. The molecular formula is C19H25N3O3. The lowest BCUT2D eigenvalue weighted by molar-refractivity contribution is -0.384. The van der Waals surface area contributed by atoms with Crippen LogP contribution in [0.25, 0.3) is 0 Å². The van der Waals surface area contributed by atoms with Gasteiger partial charge in [0.2, 0.25) is 5.91 Å². The van der Waals surface area contributed by atoms with E-state index in [0.717, 1.165) is 0 Å². The first kappa shape index (κ1) is 18.8. The molecule has 1 fully saturated rings. The highest BCUT2D eigenvalue weighted by atomic mass is 16.6. The van der Waals surface area contributed by atoms with Gasteiger partial charge in [-0.05, 0) is 31.7 Å². The molecule has 0 aliphatic carbocycles. The minimum atomic E-state index is -0.577. The Bertz CT molecular complexity index is 669. The second-order valence-electron chi connectivity index (χ2n) is 6.43. The SMILES string of the molecule is C#CC(CC)(CC)NC(=O)C1CCN(c2ccccc2[N+](=O)[O-])CC1. The molecule has 0 unspecified atom stereocenters. The Morgan fingerprint density at radius 1 is 1.36 bits per heavy atom. The fourth-order valence-corrected chi connectivity index (χ4v) is 3.27. The van der Waals surface area contributed by atoms with Crippen LogP contribution < -0.4 is 10.2 Å². The maximum Gasteiger partial charge on any atom is 0.292 e. The topological polar surface area (TPSA) is 75.5 Å². The first-order valence-electron chi connectivity index (χ1n) is 8.74. The summed E-state index contributed by atoms with van der Waals surface area (Å²) in [6.07, 6.45) is 8.32. The third-order valence-electron chi connectivity index (χ3n) is 5.13. The molecule has 1 heterocycles. The predicted molar refractivity (Wildman–Crippen MR) is 98.3 cm³/mol. The number of nitrogens with one attached hydrogen (secondary N) is 1. The van der Waals surface area contributed by atoms with Crippen LogP contribution in [-0.2, 0) is 4.79 Å². The van der Waals surface area contributed by atoms with E-state index < -0.39 is 5.54 Å². The number of rotatable bonds is 6. The average Bonchev–Trinajstić information content (AvgIpc) is 2.66. The summed E-state index contributed by atoms with van der Waals surface area (Å²) in [7, 11) is 0. The standard InChI is InChI=1S/C19H25N3O3/c1-4-19(5-2,6-3)20-18(23)15-11-13-21(14-12-15)16-9-7-8-10-17(16)22(24)25/h1,7-10,15H,5-6,11-14H2,2-3H3,(H,20,23). The first-order chi connectivity index (χ1) is 12.0. The van der Waals surface area contributed by atoms with Crippen LogP contribution in [0.5, 0.6) is 0 Å². The highest BCUT2D eigenvalue weighted by Crippen LogP contribution is 2.31. The minimum absolute atomic E-state index is 0.0103. The molecule has 134 valence electrons. The van der Waals surface area contributed by atoms with E-state index in [9.17, 15) is 14.9 Å². The summed E-state index contributed by atoms with van der Waals surface area (Å²) in [5.41, 5.74) is 0.145. The number of nitro groups is 1. The Balaban J connectivity index is 2.02. The van der Waals surface area contributed by atoms with Gasteiger partial charge in [-0.2, -0.15) is 0 Å². The van der Waals surface area contributed by atoms with E-state index in [1.54, 1.807) is 18.2 Å². The summed E-state index contributed by atoms with van der Waals surface area (Å²) in [4.78, 5) is 25.4. The summed E-state index contributed by atoms with van der Waals surface area (Å²) >= 11 is 0. The van der Waals surface area contributed by atoms with Gasteiger partial charge in [-0.3, -0.25) is 14.9 Å². The Morgan fingerprint density at radius 3 is 2.48 bits per heavy atom. The van der Waals surface area contributed by atoms with Crippen molar-refractivity contribution in [2.24, 2.45) is 5.92 Å². The Labute approximate surface area is 148 Å². The molecule has 0 bridgehead atoms. The zero-order chi connectivity index (χ0) is 18.4. The quantitative estimate of drug-likeness (QED) is 0.489. The third kappa shape index (κ3) is 4.11. The van der Waals surface area contributed by atoms with Gasteiger partial charge < -0.3 is 10.2 Å². The van der Waals surface area contributed by atoms with Crippen LogP contribution in [0.4, 0.5) is 11.4 Å². The molecule has 0 atom stereocenters. The van der Waals surface area contributed by atoms with Crippen LogP contribution in [0.3, 0.4) is 0 Å². The van der Waals surface area contributed by atoms with Gasteiger partial charge in [-0.15, -0.1) is 6.42 Å². The second kappa shape index (κ2) is 8.02. The molecule has 1 saturated heterocycles. The molecule has 1 aromatic rings. The van der Waals surface area contributed by atoms with E-state index in [0.29, 0.717) is 44.5 Å². The molecule has 0 saturated carbocycles. The summed E-state index contributed by atoms with van der Waals surface area (Å²) in [5, 5.41) is 14.2. The number of carbonyl (C=O) groups excluding carboxylic acids is 1. The number of hydrogen-bond donors (Lipinski definition) is 1. The molecule has 1 aromatic carbocycles. The van der Waals surface area contributed by atoms with Crippen LogP contribution in [0.2, 0.25) is 0 Å². The number of benzene rings is 1. The Hall–Kier alpha value is -2.55. The Morgan fingerprint density at radius 2 is 1.96 bits per heavy atom. The molecule has 0 spiro atoms. The summed E-state index contributed by atoms with van der Waals surface area (Å²) < 4.78 is 0. The highest BCUT2D eigenvalue weighted by molar-refractivity contribution is 5.80. The molecule has 2 rings (SSSR count). The van der Waals surface area contributed by atoms with E-state index >= 15 is 0 Å². The van der Waals surface area contributed by atoms with Crippen LogP contribution in [0.1, 0.15) is 39.5 Å². The summed E-state index contributed by atoms with van der Waals surface area (Å²) in [5.74, 6) is 2.61. The van der Waals surface area contributed by atoms with E-state index in [1.807, 2.05) is 18.7 Å². The third-order valence-corrected chi connectivity index (χ3v) is 5.13. The molecule has 25 heavy (non-hydrogen) atoms. The number of terminal acetylenes is 1. The number of piperidine rings is 1. The van der Waals surface area contributed by atoms with Gasteiger partial charge in [0.15, 0.2) is 0 Å². The van der Waals surface area contributed by atoms with Crippen LogP contribution in [-0.4, -0.2) is 29.5 Å². The van der Waals surface area contributed by atoms with Crippen molar-refractivity contribution in [3.8, 4) is 12.3 Å². The fourth-order valence-electron chi connectivity index (χ4n) is 3.27. The van der Waals surface area contributed by atoms with E-state index in [4.69, 9.17) is 6.42 Å². The van der Waals surface area contributed by atoms with Gasteiger partial charge in [0.1, 0.15) is 11.2 Å². The van der Waals surface area contributed by atoms with Gasteiger partial charge in [-0.25, -0.2) is 0 Å². The van der Waals surface area contributed by atoms with Crippen molar-refractivity contribution in [2.45, 2.75) is 45.1 Å². The maximum atomic E-state index is 12.6. The van der Waals surface area contributed by atoms with Crippen molar-refractivity contribution >= 4 is 17.3 Å². The lowest BCUT2D eigenvalue weighted by atomic mass is 9.90. The number of hydrogen-bond acceptors (Lipinski definition) is 4. The molecule has 6 nitrogen and oxygen atoms in total. The van der Waals surface area contributed by atoms with Gasteiger partial charge in [-0.1, -0.05) is 31.9 Å². The van der Waals surface area contributed by atoms with Crippen molar-refractivity contribution in [2.75, 3.05) is 18.0 Å². The summed E-state index contributed by atoms with van der Waals surface area (Å²) in [6.45, 7) is 5.18. The predicted octanol–water partition coefficient (Wildman–Crippen LogP) is 3.12. The van der Waals surface area contributed by atoms with Crippen molar-refractivity contribution in [1.82, 2.24) is 5.32 Å². The van der Waals surface area contributed by atoms with Gasteiger partial charge in [0.05, 0.1) is 4.92 Å². The molecule has 1 N–H and O–H groups in total. The van der Waals surface area contributed by atoms with Gasteiger partial charge in [0, 0.05) is 25.1 Å². The largest absolute Gasteiger partial charge is 0.366 e. The maximum absolute atomic E-state index is 12.6. The van der Waals surface area contributed by atoms with E-state index in [2.05, 4.69) is 11.2 Å². The lowest BCUT2D eigenvalue weighted by Gasteiger charge is -2.35. The smallest absolute Gasteiger partial charge is 0.292 e. The Kier molecular flexibility index (Phi) is 6.02. The summed E-state index contributed by atoms with van der Waals surface area (Å²) in [6, 6.07) is 6.73. The van der Waals surface area contributed by atoms with E-state index in [-0.39, 0.29) is 22.4 Å². The van der Waals surface area contributed by atoms with Crippen LogP contribution in [0, 0.1) is 28.4 Å². The number of nitrogens with zero attached hydrogens (tertiary/aromatic N) is 2. The molecular weight excluding hydrogens is 318 g/mol. The molecule has 1 amide bonds. The highest BCUT2D eigenvalue weighted by Gasteiger charge is 2.32. The molecule has 6 heteroatoms. The van der Waals surface area contributed by atoms with Crippen LogP contribution in [0.15, 0.2) is 24.3 Å². The molecule has 1 aliphatic heterocycles.